The Labute approximate surface area is 180 Å². The van der Waals surface area contributed by atoms with Crippen LogP contribution in [0.2, 0.25) is 0 Å². The molecule has 1 saturated heterocycles. The van der Waals surface area contributed by atoms with E-state index in [1.165, 1.54) is 45.5 Å². The van der Waals surface area contributed by atoms with Gasteiger partial charge in [0.25, 0.3) is 0 Å². The van der Waals surface area contributed by atoms with Crippen molar-refractivity contribution in [2.75, 3.05) is 13.1 Å². The second-order valence-corrected chi connectivity index (χ2v) is 10.0. The second-order valence-electron chi connectivity index (χ2n) is 7.22. The van der Waals surface area contributed by atoms with Crippen LogP contribution in [0, 0.1) is 6.92 Å². The molecule has 1 aromatic heterocycles. The van der Waals surface area contributed by atoms with E-state index in [1.54, 1.807) is 0 Å². The Morgan fingerprint density at radius 2 is 1.73 bits per heavy atom. The summed E-state index contributed by atoms with van der Waals surface area (Å²) in [6.07, 6.45) is 1.76. The minimum Gasteiger partial charge on any atom is -0.456 e. The first-order chi connectivity index (χ1) is 14.4. The fourth-order valence-corrected chi connectivity index (χ4v) is 5.59. The van der Waals surface area contributed by atoms with Crippen molar-refractivity contribution in [3.8, 4) is 10.6 Å². The lowest BCUT2D eigenvalue weighted by molar-refractivity contribution is 0.0468. The van der Waals surface area contributed by atoms with E-state index >= 15 is 0 Å². The number of carbonyl (C=O) groups excluding carboxylic acids is 1. The van der Waals surface area contributed by atoms with Crippen molar-refractivity contribution >= 4 is 27.3 Å². The largest absolute Gasteiger partial charge is 0.456 e. The second kappa shape index (κ2) is 8.67. The molecule has 2 aromatic carbocycles. The summed E-state index contributed by atoms with van der Waals surface area (Å²) in [6.45, 7) is 3.19. The van der Waals surface area contributed by atoms with Crippen LogP contribution in [-0.4, -0.2) is 36.8 Å². The number of nitrogens with zero attached hydrogens (tertiary/aromatic N) is 2. The Kier molecular flexibility index (Phi) is 5.99. The molecule has 2 heterocycles. The average molecular weight is 443 g/mol. The van der Waals surface area contributed by atoms with Gasteiger partial charge < -0.3 is 4.74 Å². The van der Waals surface area contributed by atoms with Crippen molar-refractivity contribution in [1.29, 1.82) is 0 Å². The van der Waals surface area contributed by atoms with Crippen LogP contribution in [0.5, 0.6) is 0 Å². The highest BCUT2D eigenvalue weighted by atomic mass is 32.2. The molecule has 1 aliphatic heterocycles. The van der Waals surface area contributed by atoms with E-state index in [1.807, 2.05) is 36.6 Å². The topological polar surface area (TPSA) is 76.6 Å². The molecule has 0 radical (unpaired) electrons. The third-order valence-electron chi connectivity index (χ3n) is 4.99. The van der Waals surface area contributed by atoms with Crippen molar-refractivity contribution in [3.63, 3.8) is 0 Å². The van der Waals surface area contributed by atoms with Crippen molar-refractivity contribution in [2.45, 2.75) is 31.3 Å². The van der Waals surface area contributed by atoms with Crippen molar-refractivity contribution in [3.05, 3.63) is 70.7 Å². The quantitative estimate of drug-likeness (QED) is 0.533. The number of thiazole rings is 1. The van der Waals surface area contributed by atoms with Crippen LogP contribution in [0.25, 0.3) is 10.6 Å². The Bertz CT molecular complexity index is 1130. The van der Waals surface area contributed by atoms with Crippen molar-refractivity contribution in [2.24, 2.45) is 0 Å². The molecule has 0 N–H and O–H groups in total. The Balaban J connectivity index is 1.38. The number of benzene rings is 2. The Hall–Kier alpha value is -2.55. The lowest BCUT2D eigenvalue weighted by Crippen LogP contribution is -2.27. The molecule has 1 fully saturated rings. The maximum Gasteiger partial charge on any atom is 0.338 e. The molecule has 1 aliphatic rings. The summed E-state index contributed by atoms with van der Waals surface area (Å²) in [5.74, 6) is -0.509. The summed E-state index contributed by atoms with van der Waals surface area (Å²) in [7, 11) is -3.49. The van der Waals surface area contributed by atoms with E-state index in [0.717, 1.165) is 23.4 Å². The maximum atomic E-state index is 12.6. The molecule has 3 aromatic rings. The number of aryl methyl sites for hydroxylation is 1. The molecule has 0 bridgehead atoms. The number of carbonyl (C=O) groups is 1. The third-order valence-corrected chi connectivity index (χ3v) is 7.85. The van der Waals surface area contributed by atoms with E-state index < -0.39 is 16.0 Å². The number of aromatic nitrogens is 1. The van der Waals surface area contributed by atoms with Gasteiger partial charge in [-0.2, -0.15) is 4.31 Å². The number of rotatable bonds is 6. The molecule has 4 rings (SSSR count). The highest BCUT2D eigenvalue weighted by molar-refractivity contribution is 7.89. The van der Waals surface area contributed by atoms with Crippen LogP contribution in [0.4, 0.5) is 0 Å². The molecule has 0 spiro atoms. The zero-order valence-electron chi connectivity index (χ0n) is 16.6. The fraction of sp³-hybridized carbons (Fsp3) is 0.273. The number of hydrogen-bond donors (Lipinski definition) is 0. The van der Waals surface area contributed by atoms with Crippen LogP contribution in [0.3, 0.4) is 0 Å². The average Bonchev–Trinajstić information content (AvgIpc) is 3.45. The first-order valence-corrected chi connectivity index (χ1v) is 12.0. The Morgan fingerprint density at radius 1 is 1.07 bits per heavy atom. The van der Waals surface area contributed by atoms with Crippen molar-refractivity contribution in [1.82, 2.24) is 9.29 Å². The van der Waals surface area contributed by atoms with E-state index in [-0.39, 0.29) is 11.5 Å². The smallest absolute Gasteiger partial charge is 0.338 e. The molecular formula is C22H22N2O4S2. The van der Waals surface area contributed by atoms with E-state index in [4.69, 9.17) is 4.74 Å². The number of sulfonamides is 1. The lowest BCUT2D eigenvalue weighted by Gasteiger charge is -2.15. The van der Waals surface area contributed by atoms with Gasteiger partial charge in [-0.05, 0) is 44.0 Å². The summed E-state index contributed by atoms with van der Waals surface area (Å²) in [6, 6.07) is 14.0. The van der Waals surface area contributed by atoms with Gasteiger partial charge in [-0.15, -0.1) is 11.3 Å². The van der Waals surface area contributed by atoms with Crippen LogP contribution in [0.1, 0.15) is 34.5 Å². The minimum atomic E-state index is -3.49. The fourth-order valence-electron chi connectivity index (χ4n) is 3.27. The highest BCUT2D eigenvalue weighted by Gasteiger charge is 2.27. The van der Waals surface area contributed by atoms with Gasteiger partial charge in [-0.25, -0.2) is 18.2 Å². The van der Waals surface area contributed by atoms with Gasteiger partial charge in [0.15, 0.2) is 0 Å². The van der Waals surface area contributed by atoms with Crippen LogP contribution >= 0.6 is 11.3 Å². The number of hydrogen-bond acceptors (Lipinski definition) is 6. The number of esters is 1. The molecule has 156 valence electrons. The monoisotopic (exact) mass is 442 g/mol. The standard InChI is InChI=1S/C22H22N2O4S2/c1-16-4-6-17(7-5-16)21-23-19(15-29-21)14-28-22(25)18-8-10-20(11-9-18)30(26,27)24-12-2-3-13-24/h4-11,15H,2-3,12-14H2,1H3. The zero-order chi connectivity index (χ0) is 21.1. The SMILES string of the molecule is Cc1ccc(-c2nc(COC(=O)c3ccc(S(=O)(=O)N4CCCC4)cc3)cs2)cc1. The Morgan fingerprint density at radius 3 is 2.40 bits per heavy atom. The van der Waals surface area contributed by atoms with Gasteiger partial charge in [0.1, 0.15) is 11.6 Å². The normalized spacial score (nSPS) is 14.7. The highest BCUT2D eigenvalue weighted by Crippen LogP contribution is 2.25. The van der Waals surface area contributed by atoms with Crippen LogP contribution in [-0.2, 0) is 21.4 Å². The van der Waals surface area contributed by atoms with Gasteiger partial charge in [0.2, 0.25) is 10.0 Å². The van der Waals surface area contributed by atoms with Gasteiger partial charge in [0, 0.05) is 24.0 Å². The lowest BCUT2D eigenvalue weighted by atomic mass is 10.2. The first kappa shape index (κ1) is 20.7. The minimum absolute atomic E-state index is 0.0645. The molecule has 0 unspecified atom stereocenters. The van der Waals surface area contributed by atoms with Gasteiger partial charge >= 0.3 is 5.97 Å². The maximum absolute atomic E-state index is 12.6. The molecule has 8 heteroatoms. The summed E-state index contributed by atoms with van der Waals surface area (Å²) in [5.41, 5.74) is 3.20. The van der Waals surface area contributed by atoms with E-state index in [0.29, 0.717) is 24.3 Å². The van der Waals surface area contributed by atoms with Crippen molar-refractivity contribution < 1.29 is 17.9 Å². The van der Waals surface area contributed by atoms with Crippen LogP contribution in [0.15, 0.2) is 58.8 Å². The van der Waals surface area contributed by atoms with E-state index in [9.17, 15) is 13.2 Å². The van der Waals surface area contributed by atoms with Gasteiger partial charge in [-0.1, -0.05) is 29.8 Å². The molecule has 30 heavy (non-hydrogen) atoms. The molecule has 0 saturated carbocycles. The molecule has 6 nitrogen and oxygen atoms in total. The number of ether oxygens (including phenoxy) is 1. The predicted molar refractivity (Wildman–Crippen MR) is 116 cm³/mol. The summed E-state index contributed by atoms with van der Waals surface area (Å²) >= 11 is 1.50. The first-order valence-electron chi connectivity index (χ1n) is 9.72. The molecular weight excluding hydrogens is 420 g/mol. The molecule has 0 amide bonds. The third kappa shape index (κ3) is 4.45. The van der Waals surface area contributed by atoms with Crippen LogP contribution < -0.4 is 0 Å². The van der Waals surface area contributed by atoms with Gasteiger partial charge in [0.05, 0.1) is 16.2 Å². The van der Waals surface area contributed by atoms with E-state index in [2.05, 4.69) is 4.98 Å². The summed E-state index contributed by atoms with van der Waals surface area (Å²) in [5, 5.41) is 2.74. The zero-order valence-corrected chi connectivity index (χ0v) is 18.2. The summed E-state index contributed by atoms with van der Waals surface area (Å²) < 4.78 is 32.0. The van der Waals surface area contributed by atoms with Gasteiger partial charge in [-0.3, -0.25) is 0 Å². The molecule has 0 aliphatic carbocycles. The predicted octanol–water partition coefficient (Wildman–Crippen LogP) is 4.26. The molecule has 0 atom stereocenters. The summed E-state index contributed by atoms with van der Waals surface area (Å²) in [4.78, 5) is 17.1.